The first-order chi connectivity index (χ1) is 39.0. The van der Waals surface area contributed by atoms with Crippen LogP contribution in [0.1, 0.15) is 98.3 Å². The molecule has 1 saturated carbocycles. The summed E-state index contributed by atoms with van der Waals surface area (Å²) in [6, 6.07) is 23.9. The van der Waals surface area contributed by atoms with E-state index in [4.69, 9.17) is 24.4 Å². The number of hydroxylamine groups is 3. The van der Waals surface area contributed by atoms with Crippen molar-refractivity contribution in [2.24, 2.45) is 27.1 Å². The summed E-state index contributed by atoms with van der Waals surface area (Å²) >= 11 is 2.04. The molecule has 9 aromatic rings. The van der Waals surface area contributed by atoms with Crippen LogP contribution >= 0.6 is 22.6 Å². The number of hydrogen-bond acceptors (Lipinski definition) is 12. The number of aromatic nitrogens is 6. The van der Waals surface area contributed by atoms with Gasteiger partial charge in [0.2, 0.25) is 0 Å². The van der Waals surface area contributed by atoms with Crippen molar-refractivity contribution in [1.82, 2.24) is 45.1 Å². The van der Waals surface area contributed by atoms with Gasteiger partial charge in [-0.1, -0.05) is 38.6 Å². The third-order valence-corrected chi connectivity index (χ3v) is 14.1. The molecule has 3 amide bonds. The lowest BCUT2D eigenvalue weighted by molar-refractivity contribution is 0.0168. The van der Waals surface area contributed by atoms with Crippen molar-refractivity contribution in [3.8, 4) is 5.75 Å². The lowest BCUT2D eigenvalue weighted by Gasteiger charge is -2.12. The number of aliphatic hydroxyl groups excluding tert-OH is 1. The van der Waals surface area contributed by atoms with Gasteiger partial charge in [0.25, 0.3) is 17.7 Å². The number of carbonyl (C=O) groups is 3. The van der Waals surface area contributed by atoms with Crippen LogP contribution in [0, 0.1) is 40.8 Å². The minimum Gasteiger partial charge on any atom is -0.495 e. The molecule has 1 fully saturated rings. The lowest BCUT2D eigenvalue weighted by Crippen LogP contribution is -2.26. The van der Waals surface area contributed by atoms with Crippen molar-refractivity contribution in [3.63, 3.8) is 0 Å². The Morgan fingerprint density at radius 2 is 1.18 bits per heavy atom. The molecule has 0 atom stereocenters. The summed E-state index contributed by atoms with van der Waals surface area (Å²) in [4.78, 5) is 66.9. The van der Waals surface area contributed by atoms with E-state index >= 15 is 0 Å². The maximum absolute atomic E-state index is 14.4. The first-order valence-corrected chi connectivity index (χ1v) is 27.1. The highest BCUT2D eigenvalue weighted by molar-refractivity contribution is 14.1. The number of amides is 3. The fraction of sp³-hybridized carbons (Fsp3) is 0.300. The highest BCUT2D eigenvalue weighted by Gasteiger charge is 2.28. The van der Waals surface area contributed by atoms with E-state index in [0.29, 0.717) is 98.5 Å². The minimum atomic E-state index is -0.459. The smallest absolute Gasteiger partial charge is 0.279 e. The monoisotopic (exact) mass is 1240 g/mol. The fourth-order valence-electron chi connectivity index (χ4n) is 9.03. The Kier molecular flexibility index (Phi) is 21.2. The van der Waals surface area contributed by atoms with E-state index in [0.717, 1.165) is 39.3 Å². The molecule has 82 heavy (non-hydrogen) atoms. The lowest BCUT2D eigenvalue weighted by atomic mass is 10.0. The Labute approximate surface area is 486 Å². The van der Waals surface area contributed by atoms with Crippen molar-refractivity contribution >= 4 is 84.9 Å². The first kappa shape index (κ1) is 61.7. The quantitative estimate of drug-likeness (QED) is 0.0291. The Morgan fingerprint density at radius 1 is 0.659 bits per heavy atom. The predicted molar refractivity (Wildman–Crippen MR) is 316 cm³/mol. The molecular weight excluding hydrogens is 1170 g/mol. The number of benzene rings is 3. The summed E-state index contributed by atoms with van der Waals surface area (Å²) in [7, 11) is 6.91. The molecule has 18 nitrogen and oxygen atoms in total. The Bertz CT molecular complexity index is 3750. The Hall–Kier alpha value is -7.90. The SMILES string of the molecule is C.CCCONC(=O)c1c(Nc2ccc(I)cc2F)n(C)c2ncc(OC)cc12.Cc1ccc(Cc2c(C(=O)NOCC3CC3)c3cccnc3n2C)c(F)c1.Cc1ccc(Cc2c(C(=O)NOCCO)c3cccnc3n2C)c(F)c1. The van der Waals surface area contributed by atoms with Crippen LogP contribution in [0.2, 0.25) is 0 Å². The number of nitrogens with one attached hydrogen (secondary N) is 4. The van der Waals surface area contributed by atoms with Crippen molar-refractivity contribution in [3.05, 3.63) is 175 Å². The van der Waals surface area contributed by atoms with Crippen LogP contribution in [0.3, 0.4) is 0 Å². The van der Waals surface area contributed by atoms with Crippen molar-refractivity contribution in [2.45, 2.75) is 60.3 Å². The summed E-state index contributed by atoms with van der Waals surface area (Å²) < 4.78 is 54.5. The molecule has 432 valence electrons. The van der Waals surface area contributed by atoms with Gasteiger partial charge in [0, 0.05) is 77.5 Å². The number of aliphatic hydroxyl groups is 1. The highest BCUT2D eigenvalue weighted by atomic mass is 127. The van der Waals surface area contributed by atoms with Gasteiger partial charge < -0.3 is 28.9 Å². The van der Waals surface area contributed by atoms with E-state index in [1.807, 2.05) is 73.2 Å². The van der Waals surface area contributed by atoms with Crippen LogP contribution < -0.4 is 26.5 Å². The first-order valence-electron chi connectivity index (χ1n) is 26.0. The van der Waals surface area contributed by atoms with Crippen molar-refractivity contribution in [2.75, 3.05) is 38.9 Å². The average molecular weight is 1240 g/mol. The number of halogens is 4. The number of anilines is 2. The van der Waals surface area contributed by atoms with E-state index in [1.54, 1.807) is 90.4 Å². The Morgan fingerprint density at radius 3 is 1.68 bits per heavy atom. The third kappa shape index (κ3) is 14.4. The summed E-state index contributed by atoms with van der Waals surface area (Å²) in [5.74, 6) is -0.798. The molecule has 6 aromatic heterocycles. The maximum Gasteiger partial charge on any atom is 0.279 e. The van der Waals surface area contributed by atoms with Crippen molar-refractivity contribution < 1.29 is 51.9 Å². The summed E-state index contributed by atoms with van der Waals surface area (Å²) in [5, 5.41) is 13.8. The van der Waals surface area contributed by atoms with Gasteiger partial charge in [-0.05, 0) is 145 Å². The molecular formula is C60H66F3IN10O8. The number of rotatable bonds is 19. The molecule has 3 aromatic carbocycles. The number of ether oxygens (including phenoxy) is 1. The normalized spacial score (nSPS) is 11.8. The van der Waals surface area contributed by atoms with E-state index in [2.05, 4.69) is 36.7 Å². The predicted octanol–water partition coefficient (Wildman–Crippen LogP) is 10.7. The van der Waals surface area contributed by atoms with Gasteiger partial charge in [-0.25, -0.2) is 44.6 Å². The summed E-state index contributed by atoms with van der Waals surface area (Å²) in [6.07, 6.45) is 8.47. The van der Waals surface area contributed by atoms with E-state index in [-0.39, 0.29) is 55.9 Å². The topological polar surface area (TPSA) is 210 Å². The zero-order valence-corrected chi connectivity index (χ0v) is 47.9. The van der Waals surface area contributed by atoms with E-state index < -0.39 is 17.6 Å². The van der Waals surface area contributed by atoms with Gasteiger partial charge in [0.15, 0.2) is 0 Å². The zero-order valence-electron chi connectivity index (χ0n) is 45.8. The number of hydrogen-bond donors (Lipinski definition) is 5. The van der Waals surface area contributed by atoms with Gasteiger partial charge in [0.05, 0.1) is 62.1 Å². The van der Waals surface area contributed by atoms with Gasteiger partial charge in [-0.15, -0.1) is 0 Å². The number of fused-ring (bicyclic) bond motifs is 3. The largest absolute Gasteiger partial charge is 0.495 e. The second-order valence-electron chi connectivity index (χ2n) is 19.3. The number of pyridine rings is 3. The molecule has 0 unspecified atom stereocenters. The van der Waals surface area contributed by atoms with Crippen LogP contribution in [0.4, 0.5) is 24.7 Å². The molecule has 5 N–H and O–H groups in total. The molecule has 1 aliphatic rings. The van der Waals surface area contributed by atoms with E-state index in [9.17, 15) is 27.6 Å². The fourth-order valence-corrected chi connectivity index (χ4v) is 9.49. The number of nitrogens with zero attached hydrogens (tertiary/aromatic N) is 6. The number of carbonyl (C=O) groups excluding carboxylic acids is 3. The highest BCUT2D eigenvalue weighted by Crippen LogP contribution is 2.35. The van der Waals surface area contributed by atoms with Crippen molar-refractivity contribution in [1.29, 1.82) is 0 Å². The van der Waals surface area contributed by atoms with Gasteiger partial charge in [-0.2, -0.15) is 0 Å². The summed E-state index contributed by atoms with van der Waals surface area (Å²) in [5.41, 5.74) is 14.7. The van der Waals surface area contributed by atoms with Crippen LogP contribution in [-0.4, -0.2) is 85.0 Å². The van der Waals surface area contributed by atoms with E-state index in [1.165, 1.54) is 25.3 Å². The Balaban J connectivity index is 0.000000176. The average Bonchev–Trinajstić information content (AvgIpc) is 4.30. The number of aryl methyl sites for hydroxylation is 5. The molecule has 0 saturated heterocycles. The van der Waals surface area contributed by atoms with Crippen LogP contribution in [0.5, 0.6) is 5.75 Å². The van der Waals surface area contributed by atoms with Gasteiger partial charge in [-0.3, -0.25) is 28.9 Å². The molecule has 6 heterocycles. The molecule has 0 radical (unpaired) electrons. The zero-order chi connectivity index (χ0) is 57.9. The standard InChI is InChI=1S/C21H22FN3O2.C19H20FIN4O3.C19H20FN3O3.CH4/c1-13-5-8-15(17(22)10-13)11-18-19(21(26)24-27-12-14-6-7-14)16-4-3-9-23-20(16)25(18)2;1-4-7-28-24-19(26)16-13-9-12(27-3)10-22-17(13)25(2)18(16)23-15-6-5-11(21)8-14(15)20;1-12-5-6-13(15(20)10-12)11-16-17(19(25)22-26-9-8-24)14-4-3-7-21-18(14)23(16)2;/h3-5,8-10,14H,6-7,11-12H2,1-2H3,(H,24,26);5-6,8-10,23H,4,7H2,1-3H3,(H,24,26);3-7,10,24H,8-9,11H2,1-2H3,(H,22,25);1H4. The summed E-state index contributed by atoms with van der Waals surface area (Å²) in [6.45, 7) is 6.29. The molecule has 1 aliphatic carbocycles. The number of methoxy groups -OCH3 is 1. The van der Waals surface area contributed by atoms with Gasteiger partial charge in [0.1, 0.15) is 46.0 Å². The maximum atomic E-state index is 14.4. The molecule has 0 bridgehead atoms. The second-order valence-corrected chi connectivity index (χ2v) is 20.5. The molecule has 0 spiro atoms. The molecule has 10 rings (SSSR count). The minimum absolute atomic E-state index is 0. The molecule has 0 aliphatic heterocycles. The second kappa shape index (κ2) is 28.2. The van der Waals surface area contributed by atoms with Crippen LogP contribution in [0.15, 0.2) is 104 Å². The van der Waals surface area contributed by atoms with Gasteiger partial charge >= 0.3 is 0 Å². The van der Waals surface area contributed by atoms with Crippen LogP contribution in [0.25, 0.3) is 33.1 Å². The molecule has 22 heteroatoms. The third-order valence-electron chi connectivity index (χ3n) is 13.4. The van der Waals surface area contributed by atoms with Crippen LogP contribution in [-0.2, 0) is 48.5 Å².